The molecule has 3 aromatic rings. The van der Waals surface area contributed by atoms with Crippen LogP contribution in [0.4, 0.5) is 5.69 Å². The molecule has 0 fully saturated rings. The van der Waals surface area contributed by atoms with Gasteiger partial charge in [-0.2, -0.15) is 0 Å². The summed E-state index contributed by atoms with van der Waals surface area (Å²) in [6.45, 7) is 7.62. The topological polar surface area (TPSA) is 65.3 Å². The lowest BCUT2D eigenvalue weighted by Gasteiger charge is -2.18. The number of nitrogens with zero attached hydrogens (tertiary/aromatic N) is 2. The molecule has 0 bridgehead atoms. The van der Waals surface area contributed by atoms with E-state index in [0.29, 0.717) is 17.9 Å². The molecule has 0 aliphatic heterocycles. The first-order chi connectivity index (χ1) is 13.8. The van der Waals surface area contributed by atoms with Crippen molar-refractivity contribution >= 4 is 11.6 Å². The Balaban J connectivity index is 1.88. The van der Waals surface area contributed by atoms with Gasteiger partial charge in [-0.15, -0.1) is 0 Å². The number of para-hydroxylation sites is 1. The van der Waals surface area contributed by atoms with Crippen molar-refractivity contribution in [2.75, 3.05) is 5.32 Å². The molecule has 2 aromatic carbocycles. The fourth-order valence-corrected chi connectivity index (χ4v) is 3.23. The summed E-state index contributed by atoms with van der Waals surface area (Å²) in [7, 11) is 1.79. The summed E-state index contributed by atoms with van der Waals surface area (Å²) in [6, 6.07) is 15.2. The van der Waals surface area contributed by atoms with Crippen LogP contribution in [0.2, 0.25) is 0 Å². The molecule has 29 heavy (non-hydrogen) atoms. The summed E-state index contributed by atoms with van der Waals surface area (Å²) >= 11 is 0. The van der Waals surface area contributed by atoms with Gasteiger partial charge in [0.25, 0.3) is 11.5 Å². The number of benzene rings is 2. The Morgan fingerprint density at radius 2 is 1.79 bits per heavy atom. The largest absolute Gasteiger partial charge is 0.480 e. The number of carbonyl (C=O) groups is 1. The maximum atomic E-state index is 13.0. The standard InChI is InChI=1S/C23H27N3O3/c1-6-19(29-20-14-15(2)12-13-16(20)3)22(27)24-21-17(4)25(5)26(23(21)28)18-10-8-7-9-11-18/h7-14,19H,6H2,1-5H3,(H,24,27)/t19-/m1/s1. The molecular weight excluding hydrogens is 366 g/mol. The fourth-order valence-electron chi connectivity index (χ4n) is 3.23. The number of anilines is 1. The number of ether oxygens (including phenoxy) is 1. The van der Waals surface area contributed by atoms with Crippen LogP contribution in [0, 0.1) is 20.8 Å². The Bertz CT molecular complexity index is 1080. The molecular formula is C23H27N3O3. The van der Waals surface area contributed by atoms with E-state index >= 15 is 0 Å². The molecule has 0 saturated carbocycles. The van der Waals surface area contributed by atoms with Crippen molar-refractivity contribution in [2.24, 2.45) is 7.05 Å². The molecule has 0 aliphatic carbocycles. The van der Waals surface area contributed by atoms with Crippen molar-refractivity contribution in [3.05, 3.63) is 75.7 Å². The van der Waals surface area contributed by atoms with Gasteiger partial charge in [-0.3, -0.25) is 14.3 Å². The highest BCUT2D eigenvalue weighted by Gasteiger charge is 2.24. The maximum absolute atomic E-state index is 13.0. The maximum Gasteiger partial charge on any atom is 0.295 e. The average Bonchev–Trinajstić information content (AvgIpc) is 2.92. The summed E-state index contributed by atoms with van der Waals surface area (Å²) in [5.74, 6) is 0.345. The normalized spacial score (nSPS) is 11.9. The highest BCUT2D eigenvalue weighted by Crippen LogP contribution is 2.22. The zero-order valence-corrected chi connectivity index (χ0v) is 17.5. The minimum atomic E-state index is -0.695. The SMILES string of the molecule is CC[C@@H](Oc1cc(C)ccc1C)C(=O)Nc1c(C)n(C)n(-c2ccccc2)c1=O. The molecule has 0 spiro atoms. The van der Waals surface area contributed by atoms with Gasteiger partial charge in [0.15, 0.2) is 6.10 Å². The summed E-state index contributed by atoms with van der Waals surface area (Å²) in [6.07, 6.45) is -0.211. The minimum absolute atomic E-state index is 0.268. The molecule has 1 atom stereocenters. The lowest BCUT2D eigenvalue weighted by Crippen LogP contribution is -2.34. The molecule has 0 radical (unpaired) electrons. The van der Waals surface area contributed by atoms with E-state index in [1.54, 1.807) is 11.7 Å². The monoisotopic (exact) mass is 393 g/mol. The quantitative estimate of drug-likeness (QED) is 0.691. The zero-order valence-electron chi connectivity index (χ0n) is 17.5. The lowest BCUT2D eigenvalue weighted by molar-refractivity contribution is -0.122. The van der Waals surface area contributed by atoms with Crippen molar-refractivity contribution in [3.8, 4) is 11.4 Å². The van der Waals surface area contributed by atoms with E-state index in [1.165, 1.54) is 4.68 Å². The van der Waals surface area contributed by atoms with Crippen LogP contribution in [0.15, 0.2) is 53.3 Å². The molecule has 6 nitrogen and oxygen atoms in total. The number of aromatic nitrogens is 2. The summed E-state index contributed by atoms with van der Waals surface area (Å²) < 4.78 is 9.26. The third kappa shape index (κ3) is 4.11. The number of hydrogen-bond donors (Lipinski definition) is 1. The van der Waals surface area contributed by atoms with Crippen LogP contribution in [-0.4, -0.2) is 21.4 Å². The van der Waals surface area contributed by atoms with Gasteiger partial charge < -0.3 is 10.1 Å². The van der Waals surface area contributed by atoms with Gasteiger partial charge in [-0.1, -0.05) is 37.3 Å². The van der Waals surface area contributed by atoms with Crippen LogP contribution < -0.4 is 15.6 Å². The second kappa shape index (κ2) is 8.39. The number of aryl methyl sites for hydroxylation is 2. The van der Waals surface area contributed by atoms with Crippen LogP contribution in [-0.2, 0) is 11.8 Å². The number of carbonyl (C=O) groups excluding carboxylic acids is 1. The van der Waals surface area contributed by atoms with Crippen molar-refractivity contribution in [1.82, 2.24) is 9.36 Å². The van der Waals surface area contributed by atoms with E-state index in [0.717, 1.165) is 16.8 Å². The number of rotatable bonds is 6. The third-order valence-corrected chi connectivity index (χ3v) is 5.08. The van der Waals surface area contributed by atoms with Gasteiger partial charge in [0.1, 0.15) is 11.4 Å². The molecule has 6 heteroatoms. The Labute approximate surface area is 170 Å². The van der Waals surface area contributed by atoms with Crippen molar-refractivity contribution in [2.45, 2.75) is 40.2 Å². The summed E-state index contributed by atoms with van der Waals surface area (Å²) in [4.78, 5) is 25.9. The predicted molar refractivity (Wildman–Crippen MR) is 115 cm³/mol. The Hall–Kier alpha value is -3.28. The van der Waals surface area contributed by atoms with Crippen LogP contribution in [0.3, 0.4) is 0 Å². The van der Waals surface area contributed by atoms with E-state index in [2.05, 4.69) is 5.32 Å². The van der Waals surface area contributed by atoms with Crippen molar-refractivity contribution in [3.63, 3.8) is 0 Å². The Morgan fingerprint density at radius 1 is 1.10 bits per heavy atom. The van der Waals surface area contributed by atoms with E-state index in [4.69, 9.17) is 4.74 Å². The van der Waals surface area contributed by atoms with Crippen LogP contribution in [0.1, 0.15) is 30.2 Å². The molecule has 0 saturated heterocycles. The first-order valence-corrected chi connectivity index (χ1v) is 9.72. The number of hydrogen-bond acceptors (Lipinski definition) is 3. The summed E-state index contributed by atoms with van der Waals surface area (Å²) in [5, 5.41) is 2.80. The number of amides is 1. The van der Waals surface area contributed by atoms with Crippen LogP contribution in [0.5, 0.6) is 5.75 Å². The highest BCUT2D eigenvalue weighted by atomic mass is 16.5. The van der Waals surface area contributed by atoms with E-state index in [9.17, 15) is 9.59 Å². The zero-order chi connectivity index (χ0) is 21.1. The average molecular weight is 393 g/mol. The first kappa shape index (κ1) is 20.5. The fraction of sp³-hybridized carbons (Fsp3) is 0.304. The van der Waals surface area contributed by atoms with E-state index in [1.807, 2.05) is 76.2 Å². The van der Waals surface area contributed by atoms with Crippen molar-refractivity contribution < 1.29 is 9.53 Å². The molecule has 1 N–H and O–H groups in total. The molecule has 152 valence electrons. The van der Waals surface area contributed by atoms with Gasteiger partial charge in [-0.05, 0) is 56.5 Å². The van der Waals surface area contributed by atoms with Crippen LogP contribution in [0.25, 0.3) is 5.69 Å². The molecule has 1 heterocycles. The van der Waals surface area contributed by atoms with E-state index in [-0.39, 0.29) is 17.2 Å². The Kier molecular flexibility index (Phi) is 5.92. The molecule has 1 aromatic heterocycles. The van der Waals surface area contributed by atoms with Gasteiger partial charge in [0, 0.05) is 7.05 Å². The molecule has 0 unspecified atom stereocenters. The Morgan fingerprint density at radius 3 is 2.45 bits per heavy atom. The minimum Gasteiger partial charge on any atom is -0.480 e. The molecule has 3 rings (SSSR count). The molecule has 0 aliphatic rings. The van der Waals surface area contributed by atoms with Crippen LogP contribution >= 0.6 is 0 Å². The lowest BCUT2D eigenvalue weighted by atomic mass is 10.1. The van der Waals surface area contributed by atoms with Gasteiger partial charge >= 0.3 is 0 Å². The van der Waals surface area contributed by atoms with Crippen molar-refractivity contribution in [1.29, 1.82) is 0 Å². The third-order valence-electron chi connectivity index (χ3n) is 5.08. The van der Waals surface area contributed by atoms with E-state index < -0.39 is 6.10 Å². The molecule has 1 amide bonds. The van der Waals surface area contributed by atoms with Gasteiger partial charge in [0.2, 0.25) is 0 Å². The second-order valence-corrected chi connectivity index (χ2v) is 7.21. The van der Waals surface area contributed by atoms with Gasteiger partial charge in [-0.25, -0.2) is 4.68 Å². The predicted octanol–water partition coefficient (Wildman–Crippen LogP) is 3.90. The second-order valence-electron chi connectivity index (χ2n) is 7.21. The first-order valence-electron chi connectivity index (χ1n) is 9.72. The van der Waals surface area contributed by atoms with Gasteiger partial charge in [0.05, 0.1) is 11.4 Å². The highest BCUT2D eigenvalue weighted by molar-refractivity contribution is 5.94. The smallest absolute Gasteiger partial charge is 0.295 e. The number of nitrogens with one attached hydrogen (secondary N) is 1. The summed E-state index contributed by atoms with van der Waals surface area (Å²) in [5.41, 5.74) is 3.43.